The van der Waals surface area contributed by atoms with Crippen molar-refractivity contribution >= 4 is 5.69 Å². The Labute approximate surface area is 112 Å². The summed E-state index contributed by atoms with van der Waals surface area (Å²) >= 11 is 0. The first kappa shape index (κ1) is 13.4. The molecule has 0 amide bonds. The van der Waals surface area contributed by atoms with Gasteiger partial charge in [-0.15, -0.1) is 0 Å². The molecule has 0 radical (unpaired) electrons. The maximum Gasteiger partial charge on any atom is 0.0425 e. The lowest BCUT2D eigenvalue weighted by atomic mass is 9.87. The first-order valence-electron chi connectivity index (χ1n) is 6.90. The van der Waals surface area contributed by atoms with E-state index in [1.165, 1.54) is 30.8 Å². The van der Waals surface area contributed by atoms with Gasteiger partial charge in [0.2, 0.25) is 0 Å². The van der Waals surface area contributed by atoms with Crippen LogP contribution in [0.2, 0.25) is 0 Å². The lowest BCUT2D eigenvalue weighted by Gasteiger charge is -2.28. The zero-order valence-electron chi connectivity index (χ0n) is 12.4. The highest BCUT2D eigenvalue weighted by Gasteiger charge is 2.24. The summed E-state index contributed by atoms with van der Waals surface area (Å²) in [4.78, 5) is 4.85. The van der Waals surface area contributed by atoms with Crippen molar-refractivity contribution in [3.63, 3.8) is 0 Å². The van der Waals surface area contributed by atoms with Crippen LogP contribution < -0.4 is 4.90 Å². The summed E-state index contributed by atoms with van der Waals surface area (Å²) < 4.78 is 0. The molecule has 0 bridgehead atoms. The van der Waals surface area contributed by atoms with E-state index >= 15 is 0 Å². The Balaban J connectivity index is 2.18. The zero-order chi connectivity index (χ0) is 13.3. The SMILES string of the molecule is CN1CCC(N(C)c2cccc(C(C)(C)C)c2)C1. The minimum absolute atomic E-state index is 0.226. The van der Waals surface area contributed by atoms with Gasteiger partial charge in [0.1, 0.15) is 0 Å². The third-order valence-corrected chi connectivity index (χ3v) is 4.03. The molecular weight excluding hydrogens is 220 g/mol. The first-order valence-corrected chi connectivity index (χ1v) is 6.90. The van der Waals surface area contributed by atoms with Crippen molar-refractivity contribution in [3.8, 4) is 0 Å². The van der Waals surface area contributed by atoms with E-state index in [0.717, 1.165) is 0 Å². The van der Waals surface area contributed by atoms with Gasteiger partial charge in [0, 0.05) is 25.3 Å². The largest absolute Gasteiger partial charge is 0.370 e. The Kier molecular flexibility index (Phi) is 3.67. The van der Waals surface area contributed by atoms with Gasteiger partial charge < -0.3 is 9.80 Å². The molecule has 0 saturated carbocycles. The van der Waals surface area contributed by atoms with Crippen LogP contribution in [0.1, 0.15) is 32.8 Å². The number of hydrogen-bond acceptors (Lipinski definition) is 2. The third kappa shape index (κ3) is 2.86. The Morgan fingerprint density at radius 2 is 2.00 bits per heavy atom. The zero-order valence-corrected chi connectivity index (χ0v) is 12.4. The number of hydrogen-bond donors (Lipinski definition) is 0. The van der Waals surface area contributed by atoms with Crippen LogP contribution in [0, 0.1) is 0 Å². The van der Waals surface area contributed by atoms with E-state index < -0.39 is 0 Å². The Morgan fingerprint density at radius 1 is 1.28 bits per heavy atom. The summed E-state index contributed by atoms with van der Waals surface area (Å²) in [5, 5.41) is 0. The maximum atomic E-state index is 2.44. The standard InChI is InChI=1S/C16H26N2/c1-16(2,3)13-7-6-8-14(11-13)18(5)15-9-10-17(4)12-15/h6-8,11,15H,9-10,12H2,1-5H3. The van der Waals surface area contributed by atoms with Crippen LogP contribution in [-0.2, 0) is 5.41 Å². The average molecular weight is 246 g/mol. The van der Waals surface area contributed by atoms with Crippen LogP contribution in [0.25, 0.3) is 0 Å². The number of rotatable bonds is 2. The van der Waals surface area contributed by atoms with Crippen molar-refractivity contribution in [1.29, 1.82) is 0 Å². The summed E-state index contributed by atoms with van der Waals surface area (Å²) in [6, 6.07) is 9.65. The second-order valence-electron chi connectivity index (χ2n) is 6.62. The molecule has 1 aromatic carbocycles. The molecule has 0 aromatic heterocycles. The molecule has 1 aliphatic rings. The molecule has 2 rings (SSSR count). The van der Waals surface area contributed by atoms with Crippen molar-refractivity contribution in [3.05, 3.63) is 29.8 Å². The smallest absolute Gasteiger partial charge is 0.0425 e. The van der Waals surface area contributed by atoms with E-state index in [1.54, 1.807) is 0 Å². The van der Waals surface area contributed by atoms with E-state index in [4.69, 9.17) is 0 Å². The molecular formula is C16H26N2. The van der Waals surface area contributed by atoms with Crippen LogP contribution in [0.5, 0.6) is 0 Å². The predicted octanol–water partition coefficient (Wildman–Crippen LogP) is 3.12. The minimum atomic E-state index is 0.226. The molecule has 1 aliphatic heterocycles. The van der Waals surface area contributed by atoms with Crippen molar-refractivity contribution in [2.24, 2.45) is 0 Å². The van der Waals surface area contributed by atoms with Gasteiger partial charge in [-0.05, 0) is 43.1 Å². The van der Waals surface area contributed by atoms with Gasteiger partial charge in [0.25, 0.3) is 0 Å². The predicted molar refractivity (Wildman–Crippen MR) is 79.4 cm³/mol. The highest BCUT2D eigenvalue weighted by molar-refractivity contribution is 5.50. The topological polar surface area (TPSA) is 6.48 Å². The van der Waals surface area contributed by atoms with Gasteiger partial charge in [-0.3, -0.25) is 0 Å². The summed E-state index contributed by atoms with van der Waals surface area (Å²) in [6.45, 7) is 9.21. The molecule has 1 unspecified atom stereocenters. The molecule has 100 valence electrons. The second kappa shape index (κ2) is 4.93. The molecule has 1 saturated heterocycles. The molecule has 18 heavy (non-hydrogen) atoms. The Morgan fingerprint density at radius 3 is 2.56 bits per heavy atom. The van der Waals surface area contributed by atoms with Crippen molar-refractivity contribution in [2.45, 2.75) is 38.6 Å². The van der Waals surface area contributed by atoms with Gasteiger partial charge in [-0.1, -0.05) is 32.9 Å². The van der Waals surface area contributed by atoms with Crippen molar-refractivity contribution < 1.29 is 0 Å². The first-order chi connectivity index (χ1) is 8.38. The van der Waals surface area contributed by atoms with E-state index in [1.807, 2.05) is 0 Å². The molecule has 1 atom stereocenters. The number of likely N-dealkylation sites (tertiary alicyclic amines) is 1. The fourth-order valence-electron chi connectivity index (χ4n) is 2.63. The van der Waals surface area contributed by atoms with Crippen LogP contribution in [-0.4, -0.2) is 38.1 Å². The Bertz CT molecular complexity index is 406. The number of anilines is 1. The van der Waals surface area contributed by atoms with Crippen molar-refractivity contribution in [1.82, 2.24) is 4.90 Å². The molecule has 0 aliphatic carbocycles. The summed E-state index contributed by atoms with van der Waals surface area (Å²) in [7, 11) is 4.44. The van der Waals surface area contributed by atoms with E-state index in [0.29, 0.717) is 6.04 Å². The Hall–Kier alpha value is -1.02. The van der Waals surface area contributed by atoms with Gasteiger partial charge in [-0.2, -0.15) is 0 Å². The average Bonchev–Trinajstić information content (AvgIpc) is 2.74. The highest BCUT2D eigenvalue weighted by atomic mass is 15.2. The third-order valence-electron chi connectivity index (χ3n) is 4.03. The van der Waals surface area contributed by atoms with Crippen molar-refractivity contribution in [2.75, 3.05) is 32.1 Å². The molecule has 0 spiro atoms. The fraction of sp³-hybridized carbons (Fsp3) is 0.625. The van der Waals surface area contributed by atoms with E-state index in [2.05, 4.69) is 68.9 Å². The van der Waals surface area contributed by atoms with E-state index in [9.17, 15) is 0 Å². The van der Waals surface area contributed by atoms with Gasteiger partial charge in [-0.25, -0.2) is 0 Å². The lowest BCUT2D eigenvalue weighted by molar-refractivity contribution is 0.409. The quantitative estimate of drug-likeness (QED) is 0.791. The maximum absolute atomic E-state index is 2.44. The van der Waals surface area contributed by atoms with E-state index in [-0.39, 0.29) is 5.41 Å². The summed E-state index contributed by atoms with van der Waals surface area (Å²) in [5.74, 6) is 0. The summed E-state index contributed by atoms with van der Waals surface area (Å²) in [6.07, 6.45) is 1.27. The van der Waals surface area contributed by atoms with Crippen LogP contribution in [0.4, 0.5) is 5.69 Å². The molecule has 2 heteroatoms. The lowest BCUT2D eigenvalue weighted by Crippen LogP contribution is -2.33. The van der Waals surface area contributed by atoms with Crippen LogP contribution >= 0.6 is 0 Å². The molecule has 1 heterocycles. The molecule has 1 aromatic rings. The van der Waals surface area contributed by atoms with Crippen LogP contribution in [0.3, 0.4) is 0 Å². The van der Waals surface area contributed by atoms with Crippen LogP contribution in [0.15, 0.2) is 24.3 Å². The minimum Gasteiger partial charge on any atom is -0.370 e. The second-order valence-corrected chi connectivity index (χ2v) is 6.62. The number of nitrogens with zero attached hydrogens (tertiary/aromatic N) is 2. The molecule has 1 fully saturated rings. The highest BCUT2D eigenvalue weighted by Crippen LogP contribution is 2.27. The summed E-state index contributed by atoms with van der Waals surface area (Å²) in [5.41, 5.74) is 2.99. The van der Waals surface area contributed by atoms with Gasteiger partial charge >= 0.3 is 0 Å². The normalized spacial score (nSPS) is 21.3. The molecule has 0 N–H and O–H groups in total. The van der Waals surface area contributed by atoms with Gasteiger partial charge in [0.05, 0.1) is 0 Å². The number of likely N-dealkylation sites (N-methyl/N-ethyl adjacent to an activating group) is 2. The fourth-order valence-corrected chi connectivity index (χ4v) is 2.63. The van der Waals surface area contributed by atoms with Gasteiger partial charge in [0.15, 0.2) is 0 Å². The monoisotopic (exact) mass is 246 g/mol. The number of benzene rings is 1. The molecule has 2 nitrogen and oxygen atoms in total.